The first-order chi connectivity index (χ1) is 10.3. The highest BCUT2D eigenvalue weighted by Gasteiger charge is 2.32. The van der Waals surface area contributed by atoms with E-state index >= 15 is 0 Å². The monoisotopic (exact) mass is 281 g/mol. The Morgan fingerprint density at radius 3 is 2.05 bits per heavy atom. The molecule has 1 N–H and O–H groups in total. The molecule has 0 spiro atoms. The third-order valence-corrected chi connectivity index (χ3v) is 4.33. The van der Waals surface area contributed by atoms with E-state index in [0.29, 0.717) is 13.0 Å². The van der Waals surface area contributed by atoms with Crippen LogP contribution in [0.4, 0.5) is 0 Å². The number of aliphatic hydroxyl groups is 1. The second-order valence-electron chi connectivity index (χ2n) is 6.04. The van der Waals surface area contributed by atoms with Gasteiger partial charge in [-0.1, -0.05) is 60.7 Å². The zero-order chi connectivity index (χ0) is 14.5. The quantitative estimate of drug-likeness (QED) is 0.909. The smallest absolute Gasteiger partial charge is 0.106 e. The molecule has 0 saturated carbocycles. The number of nitrogens with zero attached hydrogens (tertiary/aromatic N) is 1. The molecule has 1 fully saturated rings. The maximum atomic E-state index is 11.4. The molecule has 1 aliphatic rings. The van der Waals surface area contributed by atoms with Gasteiger partial charge < -0.3 is 10.0 Å². The molecule has 0 radical (unpaired) electrons. The SMILES string of the molecule is O[C@@](Cc1ccccc1)(CN1CCCC1)c1ccccc1. The first-order valence-corrected chi connectivity index (χ1v) is 7.80. The topological polar surface area (TPSA) is 23.5 Å². The van der Waals surface area contributed by atoms with Gasteiger partial charge in [-0.05, 0) is 37.1 Å². The lowest BCUT2D eigenvalue weighted by Crippen LogP contribution is -2.41. The average Bonchev–Trinajstić information content (AvgIpc) is 3.02. The van der Waals surface area contributed by atoms with Crippen LogP contribution < -0.4 is 0 Å². The minimum atomic E-state index is -0.813. The highest BCUT2D eigenvalue weighted by Crippen LogP contribution is 2.28. The fraction of sp³-hybridized carbons (Fsp3) is 0.368. The fourth-order valence-electron chi connectivity index (χ4n) is 3.24. The van der Waals surface area contributed by atoms with Crippen molar-refractivity contribution >= 4 is 0 Å². The Morgan fingerprint density at radius 2 is 1.43 bits per heavy atom. The molecule has 2 aromatic carbocycles. The molecule has 0 aliphatic carbocycles. The van der Waals surface area contributed by atoms with Gasteiger partial charge in [0.1, 0.15) is 5.60 Å². The van der Waals surface area contributed by atoms with E-state index in [4.69, 9.17) is 0 Å². The predicted molar refractivity (Wildman–Crippen MR) is 86.2 cm³/mol. The molecule has 0 aromatic heterocycles. The van der Waals surface area contributed by atoms with Gasteiger partial charge in [0, 0.05) is 13.0 Å². The third kappa shape index (κ3) is 3.52. The maximum Gasteiger partial charge on any atom is 0.106 e. The first kappa shape index (κ1) is 14.3. The summed E-state index contributed by atoms with van der Waals surface area (Å²) in [5, 5.41) is 11.4. The molecule has 3 rings (SSSR count). The predicted octanol–water partition coefficient (Wildman–Crippen LogP) is 3.21. The third-order valence-electron chi connectivity index (χ3n) is 4.33. The summed E-state index contributed by atoms with van der Waals surface area (Å²) in [7, 11) is 0. The van der Waals surface area contributed by atoms with Crippen LogP contribution in [-0.2, 0) is 12.0 Å². The Kier molecular flexibility index (Phi) is 4.37. The van der Waals surface area contributed by atoms with E-state index < -0.39 is 5.60 Å². The van der Waals surface area contributed by atoms with Gasteiger partial charge >= 0.3 is 0 Å². The number of hydrogen-bond acceptors (Lipinski definition) is 2. The van der Waals surface area contributed by atoms with Gasteiger partial charge in [0.2, 0.25) is 0 Å². The van der Waals surface area contributed by atoms with Crippen molar-refractivity contribution in [3.8, 4) is 0 Å². The highest BCUT2D eigenvalue weighted by atomic mass is 16.3. The van der Waals surface area contributed by atoms with Gasteiger partial charge in [-0.25, -0.2) is 0 Å². The minimum Gasteiger partial charge on any atom is -0.383 e. The molecule has 0 bridgehead atoms. The molecule has 21 heavy (non-hydrogen) atoms. The van der Waals surface area contributed by atoms with E-state index in [1.165, 1.54) is 18.4 Å². The van der Waals surface area contributed by atoms with Crippen molar-refractivity contribution in [3.63, 3.8) is 0 Å². The van der Waals surface area contributed by atoms with Crippen molar-refractivity contribution in [3.05, 3.63) is 71.8 Å². The summed E-state index contributed by atoms with van der Waals surface area (Å²) in [6.45, 7) is 2.92. The van der Waals surface area contributed by atoms with Crippen molar-refractivity contribution in [2.45, 2.75) is 24.9 Å². The average molecular weight is 281 g/mol. The molecule has 1 aliphatic heterocycles. The second-order valence-corrected chi connectivity index (χ2v) is 6.04. The van der Waals surface area contributed by atoms with Crippen LogP contribution in [-0.4, -0.2) is 29.6 Å². The van der Waals surface area contributed by atoms with Crippen LogP contribution in [0.2, 0.25) is 0 Å². The molecule has 0 unspecified atom stereocenters. The van der Waals surface area contributed by atoms with Gasteiger partial charge in [-0.3, -0.25) is 0 Å². The Morgan fingerprint density at radius 1 is 0.857 bits per heavy atom. The Bertz CT molecular complexity index is 548. The van der Waals surface area contributed by atoms with E-state index in [2.05, 4.69) is 17.0 Å². The van der Waals surface area contributed by atoms with E-state index in [0.717, 1.165) is 18.7 Å². The van der Waals surface area contributed by atoms with E-state index in [9.17, 15) is 5.11 Å². The number of β-amino-alcohol motifs (C(OH)–C–C–N with tert-alkyl or cyclic N) is 1. The maximum absolute atomic E-state index is 11.4. The van der Waals surface area contributed by atoms with Crippen molar-refractivity contribution in [1.82, 2.24) is 4.90 Å². The summed E-state index contributed by atoms with van der Waals surface area (Å²) in [6.07, 6.45) is 3.15. The number of likely N-dealkylation sites (tertiary alicyclic amines) is 1. The standard InChI is InChI=1S/C19H23NO/c21-19(16-20-13-7-8-14-20,18-11-5-2-6-12-18)15-17-9-3-1-4-10-17/h1-6,9-12,21H,7-8,13-16H2/t19-/m0/s1. The van der Waals surface area contributed by atoms with Crippen LogP contribution >= 0.6 is 0 Å². The van der Waals surface area contributed by atoms with Gasteiger partial charge in [-0.15, -0.1) is 0 Å². The molecule has 110 valence electrons. The zero-order valence-corrected chi connectivity index (χ0v) is 12.4. The number of benzene rings is 2. The minimum absolute atomic E-state index is 0.661. The summed E-state index contributed by atoms with van der Waals surface area (Å²) in [4.78, 5) is 2.38. The van der Waals surface area contributed by atoms with Crippen LogP contribution in [0, 0.1) is 0 Å². The summed E-state index contributed by atoms with van der Waals surface area (Å²) in [6, 6.07) is 20.4. The summed E-state index contributed by atoms with van der Waals surface area (Å²) < 4.78 is 0. The Balaban J connectivity index is 1.86. The first-order valence-electron chi connectivity index (χ1n) is 7.80. The van der Waals surface area contributed by atoms with Crippen LogP contribution in [0.1, 0.15) is 24.0 Å². The Hall–Kier alpha value is -1.64. The highest BCUT2D eigenvalue weighted by molar-refractivity contribution is 5.27. The Labute approximate surface area is 127 Å². The van der Waals surface area contributed by atoms with Gasteiger partial charge in [-0.2, -0.15) is 0 Å². The van der Waals surface area contributed by atoms with E-state index in [1.54, 1.807) is 0 Å². The van der Waals surface area contributed by atoms with Gasteiger partial charge in [0.25, 0.3) is 0 Å². The number of hydrogen-bond donors (Lipinski definition) is 1. The molecule has 1 atom stereocenters. The zero-order valence-electron chi connectivity index (χ0n) is 12.4. The number of rotatable bonds is 5. The normalized spacial score (nSPS) is 18.5. The van der Waals surface area contributed by atoms with Crippen LogP contribution in [0.15, 0.2) is 60.7 Å². The molecule has 2 nitrogen and oxygen atoms in total. The summed E-state index contributed by atoms with van der Waals surface area (Å²) in [5.41, 5.74) is 1.39. The molecule has 1 heterocycles. The molecular weight excluding hydrogens is 258 g/mol. The van der Waals surface area contributed by atoms with Crippen LogP contribution in [0.3, 0.4) is 0 Å². The molecule has 0 amide bonds. The lowest BCUT2D eigenvalue weighted by molar-refractivity contribution is 0.00508. The van der Waals surface area contributed by atoms with Crippen molar-refractivity contribution in [2.75, 3.05) is 19.6 Å². The summed E-state index contributed by atoms with van der Waals surface area (Å²) in [5.74, 6) is 0. The largest absolute Gasteiger partial charge is 0.383 e. The van der Waals surface area contributed by atoms with E-state index in [1.807, 2.05) is 48.5 Å². The van der Waals surface area contributed by atoms with Gasteiger partial charge in [0.05, 0.1) is 0 Å². The van der Waals surface area contributed by atoms with Crippen molar-refractivity contribution in [2.24, 2.45) is 0 Å². The molecule has 2 heteroatoms. The fourth-order valence-corrected chi connectivity index (χ4v) is 3.24. The summed E-state index contributed by atoms with van der Waals surface area (Å²) >= 11 is 0. The van der Waals surface area contributed by atoms with Crippen LogP contribution in [0.5, 0.6) is 0 Å². The van der Waals surface area contributed by atoms with Gasteiger partial charge in [0.15, 0.2) is 0 Å². The molecule has 2 aromatic rings. The lowest BCUT2D eigenvalue weighted by Gasteiger charge is -2.33. The van der Waals surface area contributed by atoms with Crippen molar-refractivity contribution in [1.29, 1.82) is 0 Å². The lowest BCUT2D eigenvalue weighted by atomic mass is 9.86. The van der Waals surface area contributed by atoms with Crippen LogP contribution in [0.25, 0.3) is 0 Å². The van der Waals surface area contributed by atoms with Crippen molar-refractivity contribution < 1.29 is 5.11 Å². The molecule has 1 saturated heterocycles. The van der Waals surface area contributed by atoms with E-state index in [-0.39, 0.29) is 0 Å². The second kappa shape index (κ2) is 6.42. The molecular formula is C19H23NO.